The van der Waals surface area contributed by atoms with Crippen LogP contribution in [-0.4, -0.2) is 34.6 Å². The van der Waals surface area contributed by atoms with Crippen LogP contribution in [0, 0.1) is 5.92 Å². The molecule has 1 aromatic heterocycles. The summed E-state index contributed by atoms with van der Waals surface area (Å²) >= 11 is 0. The molecule has 4 rings (SSSR count). The van der Waals surface area contributed by atoms with Gasteiger partial charge >= 0.3 is 5.97 Å². The molecule has 0 aliphatic carbocycles. The van der Waals surface area contributed by atoms with E-state index in [0.717, 1.165) is 22.3 Å². The van der Waals surface area contributed by atoms with Crippen LogP contribution in [0.3, 0.4) is 0 Å². The smallest absolute Gasteiger partial charge is 0.321 e. The standard InChI is InChI=1S/C21H21N3O4/c1-3-27-14-11-9-13(10-12-14)18-17(20(26)28-4-2)19(25)23-21-22-15-7-5-6-8-16(15)24(18)21/h5-12,17-18H,3-4H2,1-2H3,(H,22,23,25). The molecule has 0 bridgehead atoms. The molecule has 2 atom stereocenters. The quantitative estimate of drug-likeness (QED) is 0.544. The molecule has 1 aliphatic rings. The summed E-state index contributed by atoms with van der Waals surface area (Å²) in [5.41, 5.74) is 2.39. The molecule has 0 fully saturated rings. The number of aromatic nitrogens is 2. The van der Waals surface area contributed by atoms with Crippen molar-refractivity contribution in [3.63, 3.8) is 0 Å². The molecule has 1 amide bonds. The summed E-state index contributed by atoms with van der Waals surface area (Å²) < 4.78 is 12.6. The van der Waals surface area contributed by atoms with E-state index in [0.29, 0.717) is 12.6 Å². The Balaban J connectivity index is 1.89. The molecule has 0 saturated carbocycles. The van der Waals surface area contributed by atoms with E-state index in [1.807, 2.05) is 60.0 Å². The number of anilines is 1. The van der Waals surface area contributed by atoms with Gasteiger partial charge in [-0.3, -0.25) is 14.9 Å². The molecule has 28 heavy (non-hydrogen) atoms. The number of fused-ring (bicyclic) bond motifs is 3. The van der Waals surface area contributed by atoms with E-state index in [1.54, 1.807) is 6.92 Å². The number of rotatable bonds is 5. The monoisotopic (exact) mass is 379 g/mol. The third-order valence-corrected chi connectivity index (χ3v) is 4.78. The molecule has 1 aliphatic heterocycles. The second-order valence-electron chi connectivity index (χ2n) is 6.46. The maximum Gasteiger partial charge on any atom is 0.321 e. The van der Waals surface area contributed by atoms with Gasteiger partial charge in [-0.2, -0.15) is 0 Å². The van der Waals surface area contributed by atoms with Crippen molar-refractivity contribution in [2.24, 2.45) is 5.92 Å². The molecule has 144 valence electrons. The minimum absolute atomic E-state index is 0.205. The number of hydrogen-bond acceptors (Lipinski definition) is 5. The zero-order valence-corrected chi connectivity index (χ0v) is 15.7. The Labute approximate surface area is 162 Å². The number of hydrogen-bond donors (Lipinski definition) is 1. The summed E-state index contributed by atoms with van der Waals surface area (Å²) in [6.45, 7) is 4.41. The van der Waals surface area contributed by atoms with Crippen LogP contribution < -0.4 is 10.1 Å². The Hall–Kier alpha value is -3.35. The summed E-state index contributed by atoms with van der Waals surface area (Å²) in [4.78, 5) is 30.0. The molecule has 3 aromatic rings. The predicted octanol–water partition coefficient (Wildman–Crippen LogP) is 3.16. The fraction of sp³-hybridized carbons (Fsp3) is 0.286. The highest BCUT2D eigenvalue weighted by Crippen LogP contribution is 2.39. The van der Waals surface area contributed by atoms with Crippen molar-refractivity contribution in [3.8, 4) is 5.75 Å². The number of amides is 1. The first-order chi connectivity index (χ1) is 13.6. The van der Waals surface area contributed by atoms with E-state index in [-0.39, 0.29) is 6.61 Å². The average Bonchev–Trinajstić information content (AvgIpc) is 3.06. The van der Waals surface area contributed by atoms with Crippen LogP contribution in [0.2, 0.25) is 0 Å². The molecule has 0 spiro atoms. The lowest BCUT2D eigenvalue weighted by Gasteiger charge is -2.32. The van der Waals surface area contributed by atoms with Gasteiger partial charge in [-0.15, -0.1) is 0 Å². The van der Waals surface area contributed by atoms with Crippen LogP contribution >= 0.6 is 0 Å². The number of imidazole rings is 1. The molecule has 1 N–H and O–H groups in total. The molecule has 2 unspecified atom stereocenters. The maximum absolute atomic E-state index is 12.8. The normalized spacial score (nSPS) is 18.4. The van der Waals surface area contributed by atoms with E-state index in [9.17, 15) is 9.59 Å². The number of nitrogens with one attached hydrogen (secondary N) is 1. The Kier molecular flexibility index (Phi) is 4.73. The predicted molar refractivity (Wildman–Crippen MR) is 104 cm³/mol. The van der Waals surface area contributed by atoms with Gasteiger partial charge in [-0.1, -0.05) is 24.3 Å². The van der Waals surface area contributed by atoms with Crippen molar-refractivity contribution in [1.29, 1.82) is 0 Å². The Morgan fingerprint density at radius 2 is 1.86 bits per heavy atom. The molecule has 7 nitrogen and oxygen atoms in total. The zero-order valence-electron chi connectivity index (χ0n) is 15.7. The maximum atomic E-state index is 12.8. The number of esters is 1. The third kappa shape index (κ3) is 2.98. The van der Waals surface area contributed by atoms with Gasteiger partial charge in [-0.25, -0.2) is 4.98 Å². The summed E-state index contributed by atoms with van der Waals surface area (Å²) in [6, 6.07) is 14.5. The zero-order chi connectivity index (χ0) is 19.7. The first kappa shape index (κ1) is 18.0. The summed E-state index contributed by atoms with van der Waals surface area (Å²) in [5.74, 6) is -0.828. The van der Waals surface area contributed by atoms with Crippen LogP contribution in [0.15, 0.2) is 48.5 Å². The van der Waals surface area contributed by atoms with Gasteiger partial charge in [0, 0.05) is 0 Å². The van der Waals surface area contributed by atoms with Gasteiger partial charge in [-0.05, 0) is 43.7 Å². The highest BCUT2D eigenvalue weighted by Gasteiger charge is 2.44. The molecule has 7 heteroatoms. The molecule has 0 saturated heterocycles. The Morgan fingerprint density at radius 1 is 1.11 bits per heavy atom. The highest BCUT2D eigenvalue weighted by atomic mass is 16.5. The second-order valence-corrected chi connectivity index (χ2v) is 6.46. The van der Waals surface area contributed by atoms with Crippen molar-refractivity contribution >= 4 is 28.9 Å². The van der Waals surface area contributed by atoms with Gasteiger partial charge in [0.15, 0.2) is 5.92 Å². The van der Waals surface area contributed by atoms with E-state index in [1.165, 1.54) is 0 Å². The lowest BCUT2D eigenvalue weighted by Crippen LogP contribution is -2.43. The first-order valence-electron chi connectivity index (χ1n) is 9.31. The van der Waals surface area contributed by atoms with Crippen LogP contribution in [0.1, 0.15) is 25.5 Å². The number of ether oxygens (including phenoxy) is 2. The van der Waals surface area contributed by atoms with E-state index in [2.05, 4.69) is 10.3 Å². The van der Waals surface area contributed by atoms with Crippen molar-refractivity contribution in [2.45, 2.75) is 19.9 Å². The van der Waals surface area contributed by atoms with Gasteiger partial charge in [0.1, 0.15) is 5.75 Å². The van der Waals surface area contributed by atoms with Crippen LogP contribution in [0.5, 0.6) is 5.75 Å². The van der Waals surface area contributed by atoms with E-state index >= 15 is 0 Å². The number of para-hydroxylation sites is 2. The van der Waals surface area contributed by atoms with Crippen LogP contribution in [-0.2, 0) is 14.3 Å². The summed E-state index contributed by atoms with van der Waals surface area (Å²) in [7, 11) is 0. The summed E-state index contributed by atoms with van der Waals surface area (Å²) in [6.07, 6.45) is 0. The molecule has 2 aromatic carbocycles. The van der Waals surface area contributed by atoms with Crippen molar-refractivity contribution in [2.75, 3.05) is 18.5 Å². The topological polar surface area (TPSA) is 82.5 Å². The SMILES string of the molecule is CCOC(=O)C1C(=O)Nc2nc3ccccc3n2C1c1ccc(OCC)cc1. The van der Waals surface area contributed by atoms with Gasteiger partial charge < -0.3 is 14.0 Å². The van der Waals surface area contributed by atoms with E-state index in [4.69, 9.17) is 9.47 Å². The fourth-order valence-corrected chi connectivity index (χ4v) is 3.63. The molecular weight excluding hydrogens is 358 g/mol. The number of carbonyl (C=O) groups is 2. The summed E-state index contributed by atoms with van der Waals surface area (Å²) in [5, 5.41) is 2.76. The third-order valence-electron chi connectivity index (χ3n) is 4.78. The molecular formula is C21H21N3O4. The van der Waals surface area contributed by atoms with E-state index < -0.39 is 23.8 Å². The Bertz CT molecular complexity index is 1030. The highest BCUT2D eigenvalue weighted by molar-refractivity contribution is 6.07. The van der Waals surface area contributed by atoms with Gasteiger partial charge in [0.25, 0.3) is 0 Å². The average molecular weight is 379 g/mol. The minimum atomic E-state index is -1.01. The van der Waals surface area contributed by atoms with Crippen LogP contribution in [0.4, 0.5) is 5.95 Å². The van der Waals surface area contributed by atoms with Crippen molar-refractivity contribution in [1.82, 2.24) is 9.55 Å². The first-order valence-corrected chi connectivity index (χ1v) is 9.31. The van der Waals surface area contributed by atoms with Gasteiger partial charge in [0.05, 0.1) is 30.3 Å². The minimum Gasteiger partial charge on any atom is -0.494 e. The number of carbonyl (C=O) groups excluding carboxylic acids is 2. The van der Waals surface area contributed by atoms with Crippen molar-refractivity contribution < 1.29 is 19.1 Å². The van der Waals surface area contributed by atoms with Crippen molar-refractivity contribution in [3.05, 3.63) is 54.1 Å². The van der Waals surface area contributed by atoms with Crippen LogP contribution in [0.25, 0.3) is 11.0 Å². The molecule has 0 radical (unpaired) electrons. The second kappa shape index (κ2) is 7.34. The number of benzene rings is 2. The molecule has 2 heterocycles. The largest absolute Gasteiger partial charge is 0.494 e. The lowest BCUT2D eigenvalue weighted by molar-refractivity contribution is -0.152. The lowest BCUT2D eigenvalue weighted by atomic mass is 9.90. The fourth-order valence-electron chi connectivity index (χ4n) is 3.63. The Morgan fingerprint density at radius 3 is 2.57 bits per heavy atom. The van der Waals surface area contributed by atoms with Gasteiger partial charge in [0.2, 0.25) is 11.9 Å². The number of nitrogens with zero attached hydrogens (tertiary/aromatic N) is 2.